The van der Waals surface area contributed by atoms with Crippen molar-refractivity contribution >= 4 is 11.6 Å². The zero-order valence-electron chi connectivity index (χ0n) is 3.85. The predicted octanol–water partition coefficient (Wildman–Crippen LogP) is 2.58. The first-order valence-electron chi connectivity index (χ1n) is 1.74. The van der Waals surface area contributed by atoms with Crippen molar-refractivity contribution in [1.82, 2.24) is 0 Å². The van der Waals surface area contributed by atoms with E-state index in [1.807, 2.05) is 0 Å². The molecule has 0 saturated carbocycles. The zero-order chi connectivity index (χ0) is 7.65. The van der Waals surface area contributed by atoms with Crippen LogP contribution in [-0.2, 0) is 0 Å². The molecule has 0 nitrogen and oxygen atoms in total. The van der Waals surface area contributed by atoms with Gasteiger partial charge in [-0.2, -0.15) is 17.6 Å². The highest BCUT2D eigenvalue weighted by Gasteiger charge is 2.45. The number of rotatable bonds is 2. The molecule has 0 bridgehead atoms. The summed E-state index contributed by atoms with van der Waals surface area (Å²) in [6.07, 6.45) is -6.69. The Labute approximate surface area is 52.6 Å². The van der Waals surface area contributed by atoms with E-state index >= 15 is 0 Å². The maximum Gasteiger partial charge on any atom is 0.358 e. The summed E-state index contributed by atoms with van der Waals surface area (Å²) in [4.78, 5) is 0. The first-order chi connectivity index (χ1) is 3.85. The third-order valence-electron chi connectivity index (χ3n) is 0.479. The van der Waals surface area contributed by atoms with Crippen LogP contribution in [0.15, 0.2) is 0 Å². The molecule has 9 heavy (non-hydrogen) atoms. The van der Waals surface area contributed by atoms with Gasteiger partial charge in [-0.1, -0.05) is 0 Å². The molecule has 0 aromatic heterocycles. The normalized spacial score (nSPS) is 16.3. The van der Waals surface area contributed by atoms with Gasteiger partial charge in [-0.15, -0.1) is 0 Å². The van der Waals surface area contributed by atoms with E-state index in [2.05, 4.69) is 11.6 Å². The molecule has 0 spiro atoms. The quantitative estimate of drug-likeness (QED) is 0.438. The molecule has 0 fully saturated rings. The Balaban J connectivity index is 3.88. The van der Waals surface area contributed by atoms with Crippen molar-refractivity contribution in [3.8, 4) is 0 Å². The fraction of sp³-hybridized carbons (Fsp3) is 0.667. The molecule has 6 heteroatoms. The van der Waals surface area contributed by atoms with Crippen molar-refractivity contribution in [2.45, 2.75) is 11.6 Å². The number of hydrogen-bond donors (Lipinski definition) is 0. The lowest BCUT2D eigenvalue weighted by Crippen LogP contribution is -2.25. The lowest BCUT2D eigenvalue weighted by molar-refractivity contribution is -0.0252. The molecule has 0 rings (SSSR count). The summed E-state index contributed by atoms with van der Waals surface area (Å²) in [5, 5.41) is -4.50. The van der Waals surface area contributed by atoms with Crippen LogP contribution in [0, 0.1) is 6.43 Å². The van der Waals surface area contributed by atoms with Crippen LogP contribution in [-0.4, -0.2) is 11.6 Å². The summed E-state index contributed by atoms with van der Waals surface area (Å²) in [6.45, 7) is 0. The molecule has 1 radical (unpaired) electrons. The van der Waals surface area contributed by atoms with Crippen LogP contribution >= 0.6 is 11.6 Å². The lowest BCUT2D eigenvalue weighted by Gasteiger charge is -2.09. The van der Waals surface area contributed by atoms with Gasteiger partial charge in [0.05, 0.1) is 0 Å². The van der Waals surface area contributed by atoms with Gasteiger partial charge in [-0.25, -0.2) is 4.39 Å². The van der Waals surface area contributed by atoms with Gasteiger partial charge in [0, 0.05) is 0 Å². The van der Waals surface area contributed by atoms with Crippen molar-refractivity contribution in [3.05, 3.63) is 6.43 Å². The van der Waals surface area contributed by atoms with Gasteiger partial charge >= 0.3 is 11.8 Å². The highest BCUT2D eigenvalue weighted by molar-refractivity contribution is 6.22. The first kappa shape index (κ1) is 8.94. The Hall–Kier alpha value is -0.0600. The lowest BCUT2D eigenvalue weighted by atomic mass is 10.4. The average Bonchev–Trinajstić information content (AvgIpc) is 1.62. The van der Waals surface area contributed by atoms with E-state index in [4.69, 9.17) is 0 Å². The third-order valence-corrected chi connectivity index (χ3v) is 0.671. The second kappa shape index (κ2) is 2.68. The molecule has 0 N–H and O–H groups in total. The molecule has 1 unspecified atom stereocenters. The average molecular weight is 167 g/mol. The van der Waals surface area contributed by atoms with E-state index in [-0.39, 0.29) is 0 Å². The molecule has 55 valence electrons. The van der Waals surface area contributed by atoms with Gasteiger partial charge in [-0.3, -0.25) is 0 Å². The fourth-order valence-corrected chi connectivity index (χ4v) is 0.206. The standard InChI is InChI=1S/C3HClF5/c4-3(8,9)1(5)2(6)7/h1H. The third kappa shape index (κ3) is 2.84. The van der Waals surface area contributed by atoms with Gasteiger partial charge in [0.15, 0.2) is 0 Å². The van der Waals surface area contributed by atoms with E-state index in [9.17, 15) is 22.0 Å². The summed E-state index contributed by atoms with van der Waals surface area (Å²) in [7, 11) is 0. The molecule has 0 saturated heterocycles. The van der Waals surface area contributed by atoms with E-state index in [1.165, 1.54) is 0 Å². The zero-order valence-corrected chi connectivity index (χ0v) is 4.60. The second-order valence-electron chi connectivity index (χ2n) is 1.19. The molecule has 1 atom stereocenters. The van der Waals surface area contributed by atoms with Crippen LogP contribution in [0.5, 0.6) is 0 Å². The Morgan fingerprint density at radius 2 is 1.67 bits per heavy atom. The number of alkyl halides is 4. The van der Waals surface area contributed by atoms with Crippen molar-refractivity contribution in [1.29, 1.82) is 0 Å². The Morgan fingerprint density at radius 1 is 1.33 bits per heavy atom. The fourth-order valence-electron chi connectivity index (χ4n) is 0.124. The smallest absolute Gasteiger partial charge is 0.232 e. The minimum absolute atomic E-state index is 3.02. The molecule has 0 heterocycles. The maximum atomic E-state index is 11.4. The Kier molecular flexibility index (Phi) is 2.66. The summed E-state index contributed by atoms with van der Waals surface area (Å²) >= 11 is 3.87. The largest absolute Gasteiger partial charge is 0.358 e. The van der Waals surface area contributed by atoms with Gasteiger partial charge in [0.25, 0.3) is 0 Å². The van der Waals surface area contributed by atoms with Crippen LogP contribution in [0.2, 0.25) is 0 Å². The summed E-state index contributed by atoms with van der Waals surface area (Å²) < 4.78 is 55.7. The minimum Gasteiger partial charge on any atom is -0.232 e. The molecule has 0 aliphatic rings. The Bertz CT molecular complexity index is 86.7. The topological polar surface area (TPSA) is 0 Å². The van der Waals surface area contributed by atoms with E-state index in [1.54, 1.807) is 0 Å². The van der Waals surface area contributed by atoms with Crippen LogP contribution in [0.25, 0.3) is 0 Å². The number of hydrogen-bond acceptors (Lipinski definition) is 0. The number of halogens is 6. The Morgan fingerprint density at radius 3 is 1.67 bits per heavy atom. The summed E-state index contributed by atoms with van der Waals surface area (Å²) in [5.41, 5.74) is 0. The van der Waals surface area contributed by atoms with Gasteiger partial charge in [0.2, 0.25) is 6.17 Å². The van der Waals surface area contributed by atoms with Crippen molar-refractivity contribution < 1.29 is 22.0 Å². The van der Waals surface area contributed by atoms with Crippen LogP contribution < -0.4 is 0 Å². The highest BCUT2D eigenvalue weighted by Crippen LogP contribution is 2.33. The molecule has 0 aliphatic carbocycles. The molecular weight excluding hydrogens is 166 g/mol. The molecule has 0 aromatic rings. The van der Waals surface area contributed by atoms with Crippen molar-refractivity contribution in [3.63, 3.8) is 0 Å². The van der Waals surface area contributed by atoms with Gasteiger partial charge in [0.1, 0.15) is 0 Å². The second-order valence-corrected chi connectivity index (χ2v) is 1.70. The van der Waals surface area contributed by atoms with E-state index in [0.29, 0.717) is 0 Å². The van der Waals surface area contributed by atoms with Gasteiger partial charge < -0.3 is 0 Å². The summed E-state index contributed by atoms with van der Waals surface area (Å²) in [6, 6.07) is 0. The monoisotopic (exact) mass is 167 g/mol. The molecule has 0 aromatic carbocycles. The maximum absolute atomic E-state index is 11.4. The minimum atomic E-state index is -4.50. The van der Waals surface area contributed by atoms with Crippen molar-refractivity contribution in [2.75, 3.05) is 0 Å². The van der Waals surface area contributed by atoms with E-state index < -0.39 is 18.0 Å². The van der Waals surface area contributed by atoms with Crippen LogP contribution in [0.1, 0.15) is 0 Å². The molecule has 0 aliphatic heterocycles. The SMILES string of the molecule is F[C](F)C(F)C(F)(F)Cl. The van der Waals surface area contributed by atoms with Crippen LogP contribution in [0.4, 0.5) is 22.0 Å². The van der Waals surface area contributed by atoms with E-state index in [0.717, 1.165) is 0 Å². The molecular formula is C3HClF5. The van der Waals surface area contributed by atoms with Crippen molar-refractivity contribution in [2.24, 2.45) is 0 Å². The predicted molar refractivity (Wildman–Crippen MR) is 21.2 cm³/mol. The summed E-state index contributed by atoms with van der Waals surface area (Å²) in [5.74, 6) is 0. The van der Waals surface area contributed by atoms with Crippen LogP contribution in [0.3, 0.4) is 0 Å². The molecule has 0 amide bonds. The van der Waals surface area contributed by atoms with Gasteiger partial charge in [-0.05, 0) is 11.6 Å². The highest BCUT2D eigenvalue weighted by atomic mass is 35.5. The first-order valence-corrected chi connectivity index (χ1v) is 2.12.